The van der Waals surface area contributed by atoms with Crippen LogP contribution in [0.25, 0.3) is 0 Å². The molecular weight excluding hydrogens is 196 g/mol. The Kier molecular flexibility index (Phi) is 4.66. The van der Waals surface area contributed by atoms with Gasteiger partial charge in [-0.3, -0.25) is 0 Å². The largest absolute Gasteiger partial charge is 0.316 e. The molecular formula is C14H28N2. The van der Waals surface area contributed by atoms with E-state index in [0.29, 0.717) is 0 Å². The number of likely N-dealkylation sites (tertiary alicyclic amines) is 1. The molecule has 2 saturated heterocycles. The Morgan fingerprint density at radius 1 is 1.19 bits per heavy atom. The first-order valence-electron chi connectivity index (χ1n) is 7.19. The summed E-state index contributed by atoms with van der Waals surface area (Å²) in [6.07, 6.45) is 5.69. The van der Waals surface area contributed by atoms with Crippen LogP contribution in [0.3, 0.4) is 0 Å². The highest BCUT2D eigenvalue weighted by molar-refractivity contribution is 4.78. The lowest BCUT2D eigenvalue weighted by atomic mass is 9.95. The van der Waals surface area contributed by atoms with E-state index in [1.165, 1.54) is 58.4 Å². The zero-order valence-electron chi connectivity index (χ0n) is 11.0. The highest BCUT2D eigenvalue weighted by Gasteiger charge is 2.25. The number of piperidine rings is 1. The molecule has 2 fully saturated rings. The van der Waals surface area contributed by atoms with Gasteiger partial charge in [0.1, 0.15) is 0 Å². The van der Waals surface area contributed by atoms with Crippen LogP contribution < -0.4 is 5.32 Å². The van der Waals surface area contributed by atoms with Crippen molar-refractivity contribution >= 4 is 0 Å². The van der Waals surface area contributed by atoms with E-state index in [0.717, 1.165) is 17.8 Å². The second-order valence-corrected chi connectivity index (χ2v) is 6.07. The van der Waals surface area contributed by atoms with Crippen LogP contribution in [0.15, 0.2) is 0 Å². The SMILES string of the molecule is CC1CN(CCCC2CCCNC2)CC1C. The van der Waals surface area contributed by atoms with Gasteiger partial charge in [0.05, 0.1) is 0 Å². The Labute approximate surface area is 101 Å². The monoisotopic (exact) mass is 224 g/mol. The topological polar surface area (TPSA) is 15.3 Å². The van der Waals surface area contributed by atoms with Gasteiger partial charge in [0.25, 0.3) is 0 Å². The molecule has 0 saturated carbocycles. The summed E-state index contributed by atoms with van der Waals surface area (Å²) in [5, 5.41) is 3.51. The summed E-state index contributed by atoms with van der Waals surface area (Å²) in [6.45, 7) is 11.3. The van der Waals surface area contributed by atoms with Gasteiger partial charge in [0, 0.05) is 13.1 Å². The Bertz CT molecular complexity index is 189. The lowest BCUT2D eigenvalue weighted by Gasteiger charge is -2.23. The molecule has 2 heterocycles. The van der Waals surface area contributed by atoms with Crippen molar-refractivity contribution in [2.45, 2.75) is 39.5 Å². The smallest absolute Gasteiger partial charge is 0.00102 e. The third kappa shape index (κ3) is 3.46. The van der Waals surface area contributed by atoms with E-state index in [-0.39, 0.29) is 0 Å². The highest BCUT2D eigenvalue weighted by atomic mass is 15.1. The summed E-state index contributed by atoms with van der Waals surface area (Å²) in [7, 11) is 0. The Balaban J connectivity index is 1.57. The molecule has 94 valence electrons. The second-order valence-electron chi connectivity index (χ2n) is 6.07. The molecule has 1 N–H and O–H groups in total. The molecule has 0 bridgehead atoms. The summed E-state index contributed by atoms with van der Waals surface area (Å²) in [6, 6.07) is 0. The summed E-state index contributed by atoms with van der Waals surface area (Å²) in [5.74, 6) is 2.79. The fourth-order valence-electron chi connectivity index (χ4n) is 3.21. The molecule has 0 aromatic rings. The van der Waals surface area contributed by atoms with Crippen LogP contribution in [-0.2, 0) is 0 Å². The molecule has 0 radical (unpaired) electrons. The standard InChI is InChI=1S/C14H28N2/c1-12-10-16(11-13(12)2)8-4-6-14-5-3-7-15-9-14/h12-15H,3-11H2,1-2H3. The van der Waals surface area contributed by atoms with E-state index in [1.54, 1.807) is 0 Å². The number of hydrogen-bond acceptors (Lipinski definition) is 2. The minimum absolute atomic E-state index is 0.913. The molecule has 3 unspecified atom stereocenters. The zero-order chi connectivity index (χ0) is 11.4. The van der Waals surface area contributed by atoms with Crippen LogP contribution in [0.5, 0.6) is 0 Å². The maximum Gasteiger partial charge on any atom is 0.00102 e. The van der Waals surface area contributed by atoms with E-state index >= 15 is 0 Å². The lowest BCUT2D eigenvalue weighted by Crippen LogP contribution is -2.30. The van der Waals surface area contributed by atoms with Crippen LogP contribution in [-0.4, -0.2) is 37.6 Å². The van der Waals surface area contributed by atoms with Crippen molar-refractivity contribution in [3.8, 4) is 0 Å². The maximum atomic E-state index is 3.51. The minimum atomic E-state index is 0.913. The van der Waals surface area contributed by atoms with Crippen molar-refractivity contribution in [1.82, 2.24) is 10.2 Å². The Morgan fingerprint density at radius 2 is 1.94 bits per heavy atom. The molecule has 0 spiro atoms. The van der Waals surface area contributed by atoms with Gasteiger partial charge in [-0.15, -0.1) is 0 Å². The molecule has 2 aliphatic rings. The van der Waals surface area contributed by atoms with Gasteiger partial charge in [-0.2, -0.15) is 0 Å². The Hall–Kier alpha value is -0.0800. The summed E-state index contributed by atoms with van der Waals surface area (Å²) in [5.41, 5.74) is 0. The van der Waals surface area contributed by atoms with Crippen molar-refractivity contribution in [2.24, 2.45) is 17.8 Å². The molecule has 2 aliphatic heterocycles. The quantitative estimate of drug-likeness (QED) is 0.788. The van der Waals surface area contributed by atoms with Crippen LogP contribution >= 0.6 is 0 Å². The summed E-state index contributed by atoms with van der Waals surface area (Å²) < 4.78 is 0. The fourth-order valence-corrected chi connectivity index (χ4v) is 3.21. The van der Waals surface area contributed by atoms with Gasteiger partial charge in [0.2, 0.25) is 0 Å². The molecule has 0 aliphatic carbocycles. The first-order valence-corrected chi connectivity index (χ1v) is 7.19. The van der Waals surface area contributed by atoms with E-state index in [1.807, 2.05) is 0 Å². The normalized spacial score (nSPS) is 36.8. The van der Waals surface area contributed by atoms with Crippen molar-refractivity contribution in [3.63, 3.8) is 0 Å². The van der Waals surface area contributed by atoms with Crippen molar-refractivity contribution < 1.29 is 0 Å². The van der Waals surface area contributed by atoms with Crippen molar-refractivity contribution in [3.05, 3.63) is 0 Å². The minimum Gasteiger partial charge on any atom is -0.316 e. The molecule has 2 heteroatoms. The molecule has 16 heavy (non-hydrogen) atoms. The Morgan fingerprint density at radius 3 is 2.56 bits per heavy atom. The predicted octanol–water partition coefficient (Wildman–Crippen LogP) is 2.35. The molecule has 0 amide bonds. The maximum absolute atomic E-state index is 3.51. The highest BCUT2D eigenvalue weighted by Crippen LogP contribution is 2.23. The third-order valence-electron chi connectivity index (χ3n) is 4.55. The number of hydrogen-bond donors (Lipinski definition) is 1. The number of nitrogens with zero attached hydrogens (tertiary/aromatic N) is 1. The lowest BCUT2D eigenvalue weighted by molar-refractivity contribution is 0.286. The van der Waals surface area contributed by atoms with Crippen LogP contribution in [0.2, 0.25) is 0 Å². The van der Waals surface area contributed by atoms with Gasteiger partial charge in [0.15, 0.2) is 0 Å². The van der Waals surface area contributed by atoms with Gasteiger partial charge in [-0.25, -0.2) is 0 Å². The summed E-state index contributed by atoms with van der Waals surface area (Å²) in [4.78, 5) is 2.67. The average molecular weight is 224 g/mol. The van der Waals surface area contributed by atoms with Crippen LogP contribution in [0, 0.1) is 17.8 Å². The van der Waals surface area contributed by atoms with Crippen LogP contribution in [0.4, 0.5) is 0 Å². The van der Waals surface area contributed by atoms with Gasteiger partial charge < -0.3 is 10.2 Å². The average Bonchev–Trinajstić information content (AvgIpc) is 2.60. The molecule has 0 aromatic heterocycles. The molecule has 2 rings (SSSR count). The second kappa shape index (κ2) is 6.02. The van der Waals surface area contributed by atoms with Crippen molar-refractivity contribution in [2.75, 3.05) is 32.7 Å². The van der Waals surface area contributed by atoms with E-state index in [4.69, 9.17) is 0 Å². The summed E-state index contributed by atoms with van der Waals surface area (Å²) >= 11 is 0. The zero-order valence-corrected chi connectivity index (χ0v) is 11.0. The van der Waals surface area contributed by atoms with Gasteiger partial charge in [-0.05, 0) is 63.1 Å². The fraction of sp³-hybridized carbons (Fsp3) is 1.00. The van der Waals surface area contributed by atoms with Crippen molar-refractivity contribution in [1.29, 1.82) is 0 Å². The van der Waals surface area contributed by atoms with Gasteiger partial charge >= 0.3 is 0 Å². The first-order chi connectivity index (χ1) is 7.75. The van der Waals surface area contributed by atoms with E-state index in [2.05, 4.69) is 24.1 Å². The molecule has 0 aromatic carbocycles. The first kappa shape index (κ1) is 12.4. The molecule has 3 atom stereocenters. The number of nitrogens with one attached hydrogen (secondary N) is 1. The van der Waals surface area contributed by atoms with E-state index in [9.17, 15) is 0 Å². The predicted molar refractivity (Wildman–Crippen MR) is 69.6 cm³/mol. The van der Waals surface area contributed by atoms with Gasteiger partial charge in [-0.1, -0.05) is 13.8 Å². The van der Waals surface area contributed by atoms with Crippen LogP contribution in [0.1, 0.15) is 39.5 Å². The third-order valence-corrected chi connectivity index (χ3v) is 4.55. The van der Waals surface area contributed by atoms with E-state index < -0.39 is 0 Å². The molecule has 2 nitrogen and oxygen atoms in total. The number of rotatable bonds is 4.